The molecule has 0 aliphatic rings. The summed E-state index contributed by atoms with van der Waals surface area (Å²) in [6, 6.07) is 10.7. The molecule has 6 nitrogen and oxygen atoms in total. The fourth-order valence-corrected chi connectivity index (χ4v) is 2.79. The van der Waals surface area contributed by atoms with Crippen molar-refractivity contribution in [1.29, 1.82) is 0 Å². The Morgan fingerprint density at radius 2 is 1.95 bits per heavy atom. The van der Waals surface area contributed by atoms with Gasteiger partial charge in [0.25, 0.3) is 5.69 Å². The summed E-state index contributed by atoms with van der Waals surface area (Å²) in [5, 5.41) is 20.0. The predicted molar refractivity (Wildman–Crippen MR) is 77.2 cm³/mol. The molecule has 21 heavy (non-hydrogen) atoms. The summed E-state index contributed by atoms with van der Waals surface area (Å²) >= 11 is 1.12. The van der Waals surface area contributed by atoms with Crippen LogP contribution in [-0.2, 0) is 0 Å². The first-order chi connectivity index (χ1) is 10.0. The molecule has 108 valence electrons. The average molecular weight is 305 g/mol. The molecular weight excluding hydrogens is 294 g/mol. The highest BCUT2D eigenvalue weighted by Crippen LogP contribution is 2.37. The number of benzene rings is 2. The molecule has 2 aromatic carbocycles. The van der Waals surface area contributed by atoms with E-state index in [1.807, 2.05) is 0 Å². The van der Waals surface area contributed by atoms with Gasteiger partial charge in [-0.3, -0.25) is 10.1 Å². The largest absolute Gasteiger partial charge is 0.496 e. The van der Waals surface area contributed by atoms with Crippen molar-refractivity contribution in [3.63, 3.8) is 0 Å². The normalized spacial score (nSPS) is 10.1. The second-order valence-electron chi connectivity index (χ2n) is 4.00. The number of rotatable bonds is 5. The van der Waals surface area contributed by atoms with Crippen molar-refractivity contribution in [2.75, 3.05) is 7.11 Å². The highest BCUT2D eigenvalue weighted by molar-refractivity contribution is 7.99. The molecular formula is C14H11NO5S. The van der Waals surface area contributed by atoms with Gasteiger partial charge >= 0.3 is 5.97 Å². The standard InChI is InChI=1S/C14H11NO5S/c1-20-11-4-2-3-5-12(11)21-13-8-9(15(18)19)6-7-10(13)14(16)17/h2-8H,1H3,(H,16,17). The van der Waals surface area contributed by atoms with E-state index in [9.17, 15) is 20.0 Å². The number of methoxy groups -OCH3 is 1. The van der Waals surface area contributed by atoms with Crippen molar-refractivity contribution in [2.45, 2.75) is 9.79 Å². The van der Waals surface area contributed by atoms with Gasteiger partial charge in [-0.15, -0.1) is 0 Å². The maximum absolute atomic E-state index is 11.2. The number of ether oxygens (including phenoxy) is 1. The zero-order valence-corrected chi connectivity index (χ0v) is 11.8. The summed E-state index contributed by atoms with van der Waals surface area (Å²) in [6.07, 6.45) is 0. The van der Waals surface area contributed by atoms with Gasteiger partial charge in [0, 0.05) is 17.0 Å². The first-order valence-electron chi connectivity index (χ1n) is 5.85. The molecule has 0 aliphatic carbocycles. The second-order valence-corrected chi connectivity index (χ2v) is 5.08. The van der Waals surface area contributed by atoms with Gasteiger partial charge in [0.1, 0.15) is 5.75 Å². The first-order valence-corrected chi connectivity index (χ1v) is 6.67. The molecule has 7 heteroatoms. The Kier molecular flexibility index (Phi) is 4.44. The number of carbonyl (C=O) groups is 1. The average Bonchev–Trinajstić information content (AvgIpc) is 2.47. The summed E-state index contributed by atoms with van der Waals surface area (Å²) in [6.45, 7) is 0. The minimum atomic E-state index is -1.14. The third-order valence-corrected chi connectivity index (χ3v) is 3.81. The van der Waals surface area contributed by atoms with Crippen LogP contribution in [0.1, 0.15) is 10.4 Å². The first kappa shape index (κ1) is 14.9. The summed E-state index contributed by atoms with van der Waals surface area (Å²) in [4.78, 5) is 22.5. The van der Waals surface area contributed by atoms with E-state index in [4.69, 9.17) is 4.74 Å². The Labute approximate surface area is 124 Å². The lowest BCUT2D eigenvalue weighted by Gasteiger charge is -2.09. The van der Waals surface area contributed by atoms with E-state index in [1.54, 1.807) is 24.3 Å². The SMILES string of the molecule is COc1ccccc1Sc1cc([N+](=O)[O-])ccc1C(=O)O. The highest BCUT2D eigenvalue weighted by Gasteiger charge is 2.17. The van der Waals surface area contributed by atoms with Crippen molar-refractivity contribution >= 4 is 23.4 Å². The van der Waals surface area contributed by atoms with Gasteiger partial charge < -0.3 is 9.84 Å². The smallest absolute Gasteiger partial charge is 0.336 e. The molecule has 2 rings (SSSR count). The van der Waals surface area contributed by atoms with Crippen molar-refractivity contribution < 1.29 is 19.6 Å². The van der Waals surface area contributed by atoms with E-state index in [-0.39, 0.29) is 11.3 Å². The highest BCUT2D eigenvalue weighted by atomic mass is 32.2. The lowest BCUT2D eigenvalue weighted by Crippen LogP contribution is -2.00. The molecule has 0 aromatic heterocycles. The quantitative estimate of drug-likeness (QED) is 0.672. The van der Waals surface area contributed by atoms with Crippen LogP contribution in [0.2, 0.25) is 0 Å². The molecule has 0 fully saturated rings. The van der Waals surface area contributed by atoms with Crippen LogP contribution >= 0.6 is 11.8 Å². The lowest BCUT2D eigenvalue weighted by molar-refractivity contribution is -0.385. The number of nitro groups is 1. The fourth-order valence-electron chi connectivity index (χ4n) is 1.71. The summed E-state index contributed by atoms with van der Waals surface area (Å²) < 4.78 is 5.19. The maximum atomic E-state index is 11.2. The molecule has 0 saturated heterocycles. The van der Waals surface area contributed by atoms with Crippen LogP contribution in [0, 0.1) is 10.1 Å². The van der Waals surface area contributed by atoms with Gasteiger partial charge in [-0.2, -0.15) is 0 Å². The minimum Gasteiger partial charge on any atom is -0.496 e. The van der Waals surface area contributed by atoms with E-state index in [0.29, 0.717) is 15.5 Å². The van der Waals surface area contributed by atoms with Crippen molar-refractivity contribution in [2.24, 2.45) is 0 Å². The Bertz CT molecular complexity index is 702. The van der Waals surface area contributed by atoms with Gasteiger partial charge in [0.15, 0.2) is 0 Å². The predicted octanol–water partition coefficient (Wildman–Crippen LogP) is 3.45. The Balaban J connectivity index is 2.48. The lowest BCUT2D eigenvalue weighted by atomic mass is 10.2. The number of hydrogen-bond donors (Lipinski definition) is 1. The maximum Gasteiger partial charge on any atom is 0.336 e. The molecule has 2 aromatic rings. The molecule has 0 bridgehead atoms. The monoisotopic (exact) mass is 305 g/mol. The third-order valence-electron chi connectivity index (χ3n) is 2.70. The van der Waals surface area contributed by atoms with Gasteiger partial charge in [-0.05, 0) is 18.2 Å². The fraction of sp³-hybridized carbons (Fsp3) is 0.0714. The summed E-state index contributed by atoms with van der Waals surface area (Å²) in [5.74, 6) is -0.562. The Hall–Kier alpha value is -2.54. The molecule has 0 unspecified atom stereocenters. The molecule has 1 N–H and O–H groups in total. The van der Waals surface area contributed by atoms with Crippen molar-refractivity contribution in [3.8, 4) is 5.75 Å². The number of para-hydroxylation sites is 1. The van der Waals surface area contributed by atoms with E-state index >= 15 is 0 Å². The van der Waals surface area contributed by atoms with Crippen LogP contribution in [-0.4, -0.2) is 23.1 Å². The van der Waals surface area contributed by atoms with Crippen LogP contribution in [0.4, 0.5) is 5.69 Å². The number of nitro benzene ring substituents is 1. The topological polar surface area (TPSA) is 89.7 Å². The van der Waals surface area contributed by atoms with Crippen LogP contribution in [0.25, 0.3) is 0 Å². The Morgan fingerprint density at radius 1 is 1.24 bits per heavy atom. The van der Waals surface area contributed by atoms with Crippen LogP contribution in [0.5, 0.6) is 5.75 Å². The van der Waals surface area contributed by atoms with E-state index in [0.717, 1.165) is 11.8 Å². The van der Waals surface area contributed by atoms with Crippen molar-refractivity contribution in [1.82, 2.24) is 0 Å². The van der Waals surface area contributed by atoms with E-state index in [2.05, 4.69) is 0 Å². The van der Waals surface area contributed by atoms with Crippen LogP contribution < -0.4 is 4.74 Å². The molecule has 0 aliphatic heterocycles. The molecule has 0 radical (unpaired) electrons. The van der Waals surface area contributed by atoms with E-state index in [1.165, 1.54) is 25.3 Å². The molecule has 0 heterocycles. The number of carboxylic acid groups (broad SMARTS) is 1. The summed E-state index contributed by atoms with van der Waals surface area (Å²) in [7, 11) is 1.50. The number of hydrogen-bond acceptors (Lipinski definition) is 5. The zero-order chi connectivity index (χ0) is 15.4. The third kappa shape index (κ3) is 3.32. The van der Waals surface area contributed by atoms with Gasteiger partial charge in [0.05, 0.1) is 22.5 Å². The minimum absolute atomic E-state index is 0.0107. The second kappa shape index (κ2) is 6.27. The number of non-ortho nitro benzene ring substituents is 1. The molecule has 0 atom stereocenters. The van der Waals surface area contributed by atoms with Crippen LogP contribution in [0.3, 0.4) is 0 Å². The molecule has 0 amide bonds. The Morgan fingerprint density at radius 3 is 2.57 bits per heavy atom. The van der Waals surface area contributed by atoms with Gasteiger partial charge in [-0.25, -0.2) is 4.79 Å². The number of aromatic carboxylic acids is 1. The van der Waals surface area contributed by atoms with Crippen molar-refractivity contribution in [3.05, 3.63) is 58.1 Å². The molecule has 0 saturated carbocycles. The van der Waals surface area contributed by atoms with E-state index < -0.39 is 10.9 Å². The number of nitrogens with zero attached hydrogens (tertiary/aromatic N) is 1. The summed E-state index contributed by atoms with van der Waals surface area (Å²) in [5.41, 5.74) is -0.145. The zero-order valence-electron chi connectivity index (χ0n) is 11.0. The molecule has 0 spiro atoms. The van der Waals surface area contributed by atoms with Gasteiger partial charge in [0.2, 0.25) is 0 Å². The van der Waals surface area contributed by atoms with Crippen LogP contribution in [0.15, 0.2) is 52.3 Å². The number of carboxylic acids is 1. The van der Waals surface area contributed by atoms with Gasteiger partial charge in [-0.1, -0.05) is 23.9 Å².